The van der Waals surface area contributed by atoms with Crippen molar-refractivity contribution in [2.45, 2.75) is 50.9 Å². The molecule has 1 heterocycles. The fourth-order valence-electron chi connectivity index (χ4n) is 4.55. The summed E-state index contributed by atoms with van der Waals surface area (Å²) in [6, 6.07) is 13.7. The van der Waals surface area contributed by atoms with Gasteiger partial charge in [0.1, 0.15) is 5.75 Å². The van der Waals surface area contributed by atoms with Crippen LogP contribution < -0.4 is 4.74 Å². The predicted octanol–water partition coefficient (Wildman–Crippen LogP) is 4.69. The van der Waals surface area contributed by atoms with Gasteiger partial charge in [0.15, 0.2) is 0 Å². The first-order valence-corrected chi connectivity index (χ1v) is 10.6. The molecule has 2 aromatic carbocycles. The molecule has 2 fully saturated rings. The normalized spacial score (nSPS) is 17.1. The first kappa shape index (κ1) is 20.2. The molecule has 2 aliphatic rings. The first-order valence-electron chi connectivity index (χ1n) is 10.6. The molecular weight excluding hydrogens is 376 g/mol. The van der Waals surface area contributed by atoms with Crippen LogP contribution in [0.5, 0.6) is 5.75 Å². The topological polar surface area (TPSA) is 70.4 Å². The molecule has 0 bridgehead atoms. The van der Waals surface area contributed by atoms with Crippen molar-refractivity contribution in [1.82, 2.24) is 4.90 Å². The number of carbonyl (C=O) groups excluding carboxylic acids is 2. The lowest BCUT2D eigenvalue weighted by atomic mass is 9.78. The van der Waals surface area contributed by atoms with Crippen LogP contribution in [0.3, 0.4) is 0 Å². The Morgan fingerprint density at radius 2 is 1.80 bits per heavy atom. The fraction of sp³-hybridized carbons (Fsp3) is 0.400. The van der Waals surface area contributed by atoms with Crippen LogP contribution in [0.4, 0.5) is 0 Å². The van der Waals surface area contributed by atoms with E-state index in [-0.39, 0.29) is 5.91 Å². The van der Waals surface area contributed by atoms with Gasteiger partial charge in [0.2, 0.25) is 0 Å². The number of ether oxygens (including phenoxy) is 1. The summed E-state index contributed by atoms with van der Waals surface area (Å²) in [4.78, 5) is 26.1. The monoisotopic (exact) mass is 402 g/mol. The minimum Gasteiger partial charge on any atom is -0.428 e. The first-order chi connectivity index (χ1) is 14.6. The van der Waals surface area contributed by atoms with Gasteiger partial charge in [0, 0.05) is 18.7 Å². The van der Waals surface area contributed by atoms with E-state index in [2.05, 4.69) is 6.07 Å². The van der Waals surface area contributed by atoms with E-state index in [1.165, 1.54) is 12.0 Å². The van der Waals surface area contributed by atoms with Crippen LogP contribution in [0, 0.1) is 18.3 Å². The molecule has 1 saturated carbocycles. The fourth-order valence-corrected chi connectivity index (χ4v) is 4.55. The Kier molecular flexibility index (Phi) is 5.85. The van der Waals surface area contributed by atoms with Crippen LogP contribution in [0.15, 0.2) is 36.4 Å². The standard InChI is InChI=1S/C25H26N2O3/c1-17-13-23(21-3-2-4-21)24(30-16-28)14-22(17)25(29)27-11-9-20(10-12-27)19-7-5-18(15-26)6-8-19/h5-8,13-14,16,20-21H,2-4,9-12H2,1H3. The van der Waals surface area contributed by atoms with Crippen LogP contribution in [-0.4, -0.2) is 30.4 Å². The maximum Gasteiger partial charge on any atom is 0.298 e. The van der Waals surface area contributed by atoms with Crippen LogP contribution >= 0.6 is 0 Å². The summed E-state index contributed by atoms with van der Waals surface area (Å²) in [5.41, 5.74) is 4.49. The van der Waals surface area contributed by atoms with Crippen molar-refractivity contribution in [2.75, 3.05) is 13.1 Å². The number of piperidine rings is 1. The summed E-state index contributed by atoms with van der Waals surface area (Å²) in [5.74, 6) is 1.35. The average Bonchev–Trinajstić information content (AvgIpc) is 2.74. The quantitative estimate of drug-likeness (QED) is 0.681. The van der Waals surface area contributed by atoms with Crippen molar-refractivity contribution in [3.63, 3.8) is 0 Å². The van der Waals surface area contributed by atoms with Crippen LogP contribution in [0.1, 0.15) is 76.6 Å². The minimum absolute atomic E-state index is 0.00156. The van der Waals surface area contributed by atoms with Gasteiger partial charge in [0.05, 0.1) is 11.6 Å². The molecule has 1 amide bonds. The van der Waals surface area contributed by atoms with Crippen molar-refractivity contribution < 1.29 is 14.3 Å². The summed E-state index contributed by atoms with van der Waals surface area (Å²) >= 11 is 0. The molecule has 1 saturated heterocycles. The number of nitriles is 1. The number of aryl methyl sites for hydroxylation is 1. The van der Waals surface area contributed by atoms with Gasteiger partial charge < -0.3 is 9.64 Å². The number of likely N-dealkylation sites (tertiary alicyclic amines) is 1. The average molecular weight is 402 g/mol. The lowest BCUT2D eigenvalue weighted by Gasteiger charge is -2.33. The summed E-state index contributed by atoms with van der Waals surface area (Å²) in [6.45, 7) is 3.79. The van der Waals surface area contributed by atoms with Gasteiger partial charge in [-0.25, -0.2) is 0 Å². The highest BCUT2D eigenvalue weighted by atomic mass is 16.5. The summed E-state index contributed by atoms with van der Waals surface area (Å²) in [7, 11) is 0. The Balaban J connectivity index is 1.47. The van der Waals surface area contributed by atoms with Gasteiger partial charge in [0.25, 0.3) is 12.4 Å². The third-order valence-electron chi connectivity index (χ3n) is 6.60. The lowest BCUT2D eigenvalue weighted by molar-refractivity contribution is -0.120. The Hall–Kier alpha value is -3.13. The van der Waals surface area contributed by atoms with E-state index < -0.39 is 0 Å². The zero-order valence-corrected chi connectivity index (χ0v) is 17.3. The second-order valence-corrected chi connectivity index (χ2v) is 8.35. The van der Waals surface area contributed by atoms with Crippen molar-refractivity contribution in [1.29, 1.82) is 5.26 Å². The minimum atomic E-state index is 0.00156. The van der Waals surface area contributed by atoms with Crippen molar-refractivity contribution in [3.8, 4) is 11.8 Å². The molecule has 0 aromatic heterocycles. The molecule has 0 radical (unpaired) electrons. The van der Waals surface area contributed by atoms with Gasteiger partial charge in [-0.15, -0.1) is 0 Å². The van der Waals surface area contributed by atoms with Gasteiger partial charge in [-0.3, -0.25) is 9.59 Å². The van der Waals surface area contributed by atoms with Gasteiger partial charge in [-0.2, -0.15) is 5.26 Å². The maximum atomic E-state index is 13.2. The molecular formula is C25H26N2O3. The highest BCUT2D eigenvalue weighted by Crippen LogP contribution is 2.42. The summed E-state index contributed by atoms with van der Waals surface area (Å²) < 4.78 is 5.25. The smallest absolute Gasteiger partial charge is 0.298 e. The molecule has 1 aliphatic carbocycles. The molecule has 5 nitrogen and oxygen atoms in total. The van der Waals surface area contributed by atoms with Crippen LogP contribution in [-0.2, 0) is 4.79 Å². The Bertz CT molecular complexity index is 979. The molecule has 0 N–H and O–H groups in total. The molecule has 5 heteroatoms. The zero-order valence-electron chi connectivity index (χ0n) is 17.3. The highest BCUT2D eigenvalue weighted by molar-refractivity contribution is 5.96. The van der Waals surface area contributed by atoms with E-state index in [9.17, 15) is 9.59 Å². The molecule has 1 aliphatic heterocycles. The number of rotatable bonds is 5. The Morgan fingerprint density at radius 1 is 1.10 bits per heavy atom. The van der Waals surface area contributed by atoms with Crippen molar-refractivity contribution in [3.05, 3.63) is 64.2 Å². The molecule has 4 rings (SSSR count). The number of hydrogen-bond acceptors (Lipinski definition) is 4. The van der Waals surface area contributed by atoms with Crippen molar-refractivity contribution >= 4 is 12.4 Å². The molecule has 0 spiro atoms. The van der Waals surface area contributed by atoms with E-state index in [4.69, 9.17) is 10.00 Å². The number of hydrogen-bond donors (Lipinski definition) is 0. The number of benzene rings is 2. The maximum absolute atomic E-state index is 13.2. The Morgan fingerprint density at radius 3 is 2.37 bits per heavy atom. The van der Waals surface area contributed by atoms with E-state index in [0.29, 0.717) is 48.3 Å². The molecule has 2 aromatic rings. The molecule has 0 atom stereocenters. The number of nitrogens with zero attached hydrogens (tertiary/aromatic N) is 2. The third kappa shape index (κ3) is 3.95. The summed E-state index contributed by atoms with van der Waals surface area (Å²) in [5, 5.41) is 8.96. The lowest BCUT2D eigenvalue weighted by Crippen LogP contribution is -2.38. The third-order valence-corrected chi connectivity index (χ3v) is 6.60. The van der Waals surface area contributed by atoms with Crippen molar-refractivity contribution in [2.24, 2.45) is 0 Å². The number of carbonyl (C=O) groups is 2. The van der Waals surface area contributed by atoms with Gasteiger partial charge >= 0.3 is 0 Å². The summed E-state index contributed by atoms with van der Waals surface area (Å²) in [6.07, 6.45) is 5.19. The largest absolute Gasteiger partial charge is 0.428 e. The second-order valence-electron chi connectivity index (χ2n) is 8.35. The SMILES string of the molecule is Cc1cc(C2CCC2)c(OC=O)cc1C(=O)N1CCC(c2ccc(C#N)cc2)CC1. The molecule has 30 heavy (non-hydrogen) atoms. The molecule has 0 unspecified atom stereocenters. The second kappa shape index (κ2) is 8.71. The predicted molar refractivity (Wildman–Crippen MR) is 113 cm³/mol. The van der Waals surface area contributed by atoms with E-state index in [1.807, 2.05) is 42.2 Å². The van der Waals surface area contributed by atoms with E-state index in [1.54, 1.807) is 6.07 Å². The van der Waals surface area contributed by atoms with Crippen LogP contribution in [0.2, 0.25) is 0 Å². The van der Waals surface area contributed by atoms with Gasteiger partial charge in [-0.05, 0) is 79.3 Å². The highest BCUT2D eigenvalue weighted by Gasteiger charge is 2.28. The van der Waals surface area contributed by atoms with Crippen LogP contribution in [0.25, 0.3) is 0 Å². The Labute approximate surface area is 177 Å². The van der Waals surface area contributed by atoms with Gasteiger partial charge in [-0.1, -0.05) is 24.6 Å². The number of amides is 1. The van der Waals surface area contributed by atoms with E-state index in [0.717, 1.165) is 36.8 Å². The molecule has 154 valence electrons. The zero-order chi connectivity index (χ0) is 21.1. The van der Waals surface area contributed by atoms with E-state index >= 15 is 0 Å².